The summed E-state index contributed by atoms with van der Waals surface area (Å²) in [7, 11) is 0. The second kappa shape index (κ2) is 7.56. The fraction of sp³-hybridized carbons (Fsp3) is 0.368. The maximum Gasteiger partial charge on any atom is 0.280 e. The summed E-state index contributed by atoms with van der Waals surface area (Å²) in [5.74, 6) is -0.665. The molecule has 1 amide bonds. The third kappa shape index (κ3) is 3.62. The molecule has 2 aromatic heterocycles. The van der Waals surface area contributed by atoms with Crippen molar-refractivity contribution in [1.82, 2.24) is 19.5 Å². The van der Waals surface area contributed by atoms with E-state index in [1.807, 2.05) is 0 Å². The smallest absolute Gasteiger partial charge is 0.280 e. The summed E-state index contributed by atoms with van der Waals surface area (Å²) in [6, 6.07) is 6.18. The fourth-order valence-corrected chi connectivity index (χ4v) is 4.27. The molecule has 1 aliphatic rings. The first-order valence-corrected chi connectivity index (χ1v) is 9.80. The van der Waals surface area contributed by atoms with E-state index in [4.69, 9.17) is 0 Å². The molecule has 4 rings (SSSR count). The van der Waals surface area contributed by atoms with Gasteiger partial charge in [-0.05, 0) is 42.1 Å². The quantitative estimate of drug-likeness (QED) is 0.745. The third-order valence-electron chi connectivity index (χ3n) is 4.99. The summed E-state index contributed by atoms with van der Waals surface area (Å²) in [6.07, 6.45) is 6.81. The van der Waals surface area contributed by atoms with E-state index in [1.165, 1.54) is 18.6 Å². The summed E-state index contributed by atoms with van der Waals surface area (Å²) in [4.78, 5) is 25.6. The second-order valence-electron chi connectivity index (χ2n) is 6.81. The molecule has 1 fully saturated rings. The first-order chi connectivity index (χ1) is 13.1. The highest BCUT2D eigenvalue weighted by Gasteiger charge is 2.23. The van der Waals surface area contributed by atoms with Gasteiger partial charge in [-0.2, -0.15) is 0 Å². The number of pyridine rings is 1. The zero-order valence-corrected chi connectivity index (χ0v) is 15.5. The van der Waals surface area contributed by atoms with Gasteiger partial charge in [-0.3, -0.25) is 9.59 Å². The number of benzene rings is 1. The van der Waals surface area contributed by atoms with Gasteiger partial charge in [-0.15, -0.1) is 5.10 Å². The monoisotopic (exact) mass is 386 g/mol. The lowest BCUT2D eigenvalue weighted by atomic mass is 9.95. The number of nitrogens with zero attached hydrogens (tertiary/aromatic N) is 3. The Balaban J connectivity index is 1.65. The van der Waals surface area contributed by atoms with Crippen molar-refractivity contribution in [3.05, 3.63) is 57.8 Å². The molecule has 1 N–H and O–H groups in total. The highest BCUT2D eigenvalue weighted by Crippen LogP contribution is 2.28. The van der Waals surface area contributed by atoms with Gasteiger partial charge in [0, 0.05) is 18.8 Å². The second-order valence-corrected chi connectivity index (χ2v) is 7.56. The van der Waals surface area contributed by atoms with Crippen molar-refractivity contribution in [2.24, 2.45) is 0 Å². The van der Waals surface area contributed by atoms with E-state index in [9.17, 15) is 14.0 Å². The minimum atomic E-state index is -0.346. The highest BCUT2D eigenvalue weighted by molar-refractivity contribution is 7.13. The summed E-state index contributed by atoms with van der Waals surface area (Å²) in [5.41, 5.74) is 1.11. The Labute approximate surface area is 159 Å². The lowest BCUT2D eigenvalue weighted by Crippen LogP contribution is -2.30. The van der Waals surface area contributed by atoms with E-state index < -0.39 is 0 Å². The van der Waals surface area contributed by atoms with Crippen molar-refractivity contribution >= 4 is 27.7 Å². The van der Waals surface area contributed by atoms with Crippen molar-refractivity contribution in [2.75, 3.05) is 0 Å². The number of nitrogens with one attached hydrogen (secondary N) is 1. The van der Waals surface area contributed by atoms with Crippen LogP contribution in [0, 0.1) is 5.82 Å². The van der Waals surface area contributed by atoms with E-state index in [-0.39, 0.29) is 35.4 Å². The maximum atomic E-state index is 13.3. The molecular formula is C19H19FN4O2S. The van der Waals surface area contributed by atoms with Gasteiger partial charge in [0.15, 0.2) is 5.52 Å². The average molecular weight is 386 g/mol. The Morgan fingerprint density at radius 3 is 2.89 bits per heavy atom. The first kappa shape index (κ1) is 17.8. The topological polar surface area (TPSA) is 76.9 Å². The van der Waals surface area contributed by atoms with E-state index >= 15 is 0 Å². The van der Waals surface area contributed by atoms with Gasteiger partial charge < -0.3 is 9.88 Å². The molecular weight excluding hydrogens is 367 g/mol. The Hall–Kier alpha value is -2.61. The predicted molar refractivity (Wildman–Crippen MR) is 101 cm³/mol. The van der Waals surface area contributed by atoms with E-state index in [1.54, 1.807) is 22.9 Å². The summed E-state index contributed by atoms with van der Waals surface area (Å²) in [5, 5.41) is 6.76. The van der Waals surface area contributed by atoms with Crippen LogP contribution in [0.5, 0.6) is 0 Å². The fourth-order valence-electron chi connectivity index (χ4n) is 3.60. The zero-order chi connectivity index (χ0) is 18.8. The number of carbonyl (C=O) groups excluding carboxylic acids is 1. The van der Waals surface area contributed by atoms with Crippen LogP contribution in [-0.2, 0) is 6.54 Å². The molecule has 2 heterocycles. The van der Waals surface area contributed by atoms with Crippen molar-refractivity contribution in [3.63, 3.8) is 0 Å². The first-order valence-electron chi connectivity index (χ1n) is 9.03. The number of fused-ring (bicyclic) bond motifs is 1. The van der Waals surface area contributed by atoms with Crippen LogP contribution in [0.2, 0.25) is 0 Å². The van der Waals surface area contributed by atoms with Crippen LogP contribution in [0.1, 0.15) is 54.1 Å². The summed E-state index contributed by atoms with van der Waals surface area (Å²) >= 11 is 1.04. The average Bonchev–Trinajstić information content (AvgIpc) is 3.18. The zero-order valence-electron chi connectivity index (χ0n) is 14.7. The minimum Gasteiger partial charge on any atom is -0.348 e. The van der Waals surface area contributed by atoms with Gasteiger partial charge in [0.2, 0.25) is 0 Å². The number of amides is 1. The molecule has 140 valence electrons. The number of carbonyl (C=O) groups is 1. The van der Waals surface area contributed by atoms with Crippen molar-refractivity contribution < 1.29 is 9.18 Å². The van der Waals surface area contributed by atoms with Crippen LogP contribution in [-0.4, -0.2) is 20.1 Å². The molecule has 1 aliphatic carbocycles. The van der Waals surface area contributed by atoms with Gasteiger partial charge in [-0.1, -0.05) is 35.9 Å². The lowest BCUT2D eigenvalue weighted by Gasteiger charge is -2.24. The number of hydrogen-bond acceptors (Lipinski definition) is 5. The van der Waals surface area contributed by atoms with Gasteiger partial charge >= 0.3 is 0 Å². The molecule has 0 bridgehead atoms. The molecule has 27 heavy (non-hydrogen) atoms. The molecule has 0 aliphatic heterocycles. The maximum absolute atomic E-state index is 13.3. The SMILES string of the molecule is O=C(NCc1cccc(F)c1)c1cn(C2CCCCC2)c(=O)c2nnsc12. The van der Waals surface area contributed by atoms with Crippen LogP contribution >= 0.6 is 11.5 Å². The van der Waals surface area contributed by atoms with E-state index in [2.05, 4.69) is 14.9 Å². The van der Waals surface area contributed by atoms with Crippen LogP contribution < -0.4 is 10.9 Å². The van der Waals surface area contributed by atoms with E-state index in [0.29, 0.717) is 15.8 Å². The van der Waals surface area contributed by atoms with Crippen LogP contribution in [0.3, 0.4) is 0 Å². The molecule has 0 saturated heterocycles. The van der Waals surface area contributed by atoms with Crippen LogP contribution in [0.25, 0.3) is 10.2 Å². The predicted octanol–water partition coefficient (Wildman–Crippen LogP) is 3.43. The van der Waals surface area contributed by atoms with Crippen molar-refractivity contribution in [1.29, 1.82) is 0 Å². The molecule has 0 atom stereocenters. The van der Waals surface area contributed by atoms with Crippen LogP contribution in [0.4, 0.5) is 4.39 Å². The van der Waals surface area contributed by atoms with Gasteiger partial charge in [0.1, 0.15) is 5.82 Å². The van der Waals surface area contributed by atoms with Gasteiger partial charge in [0.25, 0.3) is 11.5 Å². The summed E-state index contributed by atoms with van der Waals surface area (Å²) in [6.45, 7) is 0.201. The number of halogens is 1. The largest absolute Gasteiger partial charge is 0.348 e. The molecule has 0 radical (unpaired) electrons. The molecule has 3 aromatic rings. The summed E-state index contributed by atoms with van der Waals surface area (Å²) < 4.78 is 19.3. The standard InChI is InChI=1S/C19H19FN4O2S/c20-13-6-4-5-12(9-13)10-21-18(25)15-11-24(14-7-2-1-3-8-14)19(26)16-17(15)27-23-22-16/h4-6,9,11,14H,1-3,7-8,10H2,(H,21,25). The number of aromatic nitrogens is 3. The molecule has 8 heteroatoms. The minimum absolute atomic E-state index is 0.0899. The Kier molecular flexibility index (Phi) is 4.98. The molecule has 6 nitrogen and oxygen atoms in total. The van der Waals surface area contributed by atoms with Crippen molar-refractivity contribution in [2.45, 2.75) is 44.7 Å². The van der Waals surface area contributed by atoms with Gasteiger partial charge in [0.05, 0.1) is 10.3 Å². The van der Waals surface area contributed by atoms with E-state index in [0.717, 1.165) is 37.2 Å². The Morgan fingerprint density at radius 1 is 1.30 bits per heavy atom. The third-order valence-corrected chi connectivity index (χ3v) is 5.75. The molecule has 1 aromatic carbocycles. The number of hydrogen-bond donors (Lipinski definition) is 1. The van der Waals surface area contributed by atoms with Crippen LogP contribution in [0.15, 0.2) is 35.3 Å². The Morgan fingerprint density at radius 2 is 2.11 bits per heavy atom. The van der Waals surface area contributed by atoms with Gasteiger partial charge in [-0.25, -0.2) is 4.39 Å². The normalized spacial score (nSPS) is 15.1. The molecule has 0 spiro atoms. The lowest BCUT2D eigenvalue weighted by molar-refractivity contribution is 0.0951. The number of rotatable bonds is 4. The van der Waals surface area contributed by atoms with Crippen molar-refractivity contribution in [3.8, 4) is 0 Å². The molecule has 0 unspecified atom stereocenters. The Bertz CT molecular complexity index is 1040. The molecule has 1 saturated carbocycles. The highest BCUT2D eigenvalue weighted by atomic mass is 32.1.